The fourth-order valence-electron chi connectivity index (χ4n) is 3.57. The number of rotatable bonds is 7. The van der Waals surface area contributed by atoms with Gasteiger partial charge < -0.3 is 19.9 Å². The number of aryl methyl sites for hydroxylation is 2. The molecule has 2 aromatic carbocycles. The van der Waals surface area contributed by atoms with Crippen molar-refractivity contribution in [3.05, 3.63) is 59.2 Å². The van der Waals surface area contributed by atoms with Crippen LogP contribution in [0.4, 0.5) is 5.69 Å². The molecule has 0 saturated carbocycles. The minimum absolute atomic E-state index is 0.000315. The number of sulfonamides is 1. The molecule has 1 saturated heterocycles. The lowest BCUT2D eigenvalue weighted by Gasteiger charge is -2.22. The van der Waals surface area contributed by atoms with E-state index in [1.54, 1.807) is 25.1 Å². The molecule has 11 heteroatoms. The average Bonchev–Trinajstić information content (AvgIpc) is 3.21. The van der Waals surface area contributed by atoms with Gasteiger partial charge in [0.1, 0.15) is 6.04 Å². The zero-order chi connectivity index (χ0) is 25.0. The molecule has 0 aliphatic carbocycles. The molecule has 1 unspecified atom stereocenters. The number of benzene rings is 2. The summed E-state index contributed by atoms with van der Waals surface area (Å²) >= 11 is 0. The SMILES string of the molecule is COC(=O)c1ccccc1NC(=O)COC(=O)[C@@H]1CC(O)CN1S(=O)(=O)c1ccc(C)c(C)c1. The number of ether oxygens (including phenoxy) is 2. The molecule has 34 heavy (non-hydrogen) atoms. The Labute approximate surface area is 197 Å². The monoisotopic (exact) mass is 490 g/mol. The molecule has 1 fully saturated rings. The van der Waals surface area contributed by atoms with Gasteiger partial charge in [-0.15, -0.1) is 0 Å². The van der Waals surface area contributed by atoms with Gasteiger partial charge in [0.15, 0.2) is 6.61 Å². The highest BCUT2D eigenvalue weighted by Gasteiger charge is 2.44. The smallest absolute Gasteiger partial charge is 0.339 e. The van der Waals surface area contributed by atoms with E-state index in [4.69, 9.17) is 4.74 Å². The van der Waals surface area contributed by atoms with Gasteiger partial charge in [0.2, 0.25) is 10.0 Å². The van der Waals surface area contributed by atoms with Crippen LogP contribution >= 0.6 is 0 Å². The number of nitrogens with one attached hydrogen (secondary N) is 1. The van der Waals surface area contributed by atoms with Gasteiger partial charge in [0.25, 0.3) is 5.91 Å². The molecule has 0 aromatic heterocycles. The number of β-amino-alcohol motifs (C(OH)–C–C–N with tert-alkyl or cyclic N) is 1. The van der Waals surface area contributed by atoms with Crippen molar-refractivity contribution in [2.75, 3.05) is 25.6 Å². The summed E-state index contributed by atoms with van der Waals surface area (Å²) < 4.78 is 36.9. The van der Waals surface area contributed by atoms with Crippen molar-refractivity contribution >= 4 is 33.6 Å². The Hall–Kier alpha value is -3.28. The van der Waals surface area contributed by atoms with Crippen LogP contribution in [0.5, 0.6) is 0 Å². The normalized spacial score (nSPS) is 18.4. The number of hydrogen-bond acceptors (Lipinski definition) is 8. The Bertz CT molecular complexity index is 1210. The van der Waals surface area contributed by atoms with E-state index >= 15 is 0 Å². The van der Waals surface area contributed by atoms with E-state index in [1.165, 1.54) is 31.4 Å². The van der Waals surface area contributed by atoms with Crippen molar-refractivity contribution in [3.8, 4) is 0 Å². The van der Waals surface area contributed by atoms with Gasteiger partial charge in [-0.1, -0.05) is 18.2 Å². The number of nitrogens with zero attached hydrogens (tertiary/aromatic N) is 1. The Morgan fingerprint density at radius 3 is 2.50 bits per heavy atom. The quantitative estimate of drug-likeness (QED) is 0.555. The highest BCUT2D eigenvalue weighted by molar-refractivity contribution is 7.89. The molecule has 3 rings (SSSR count). The summed E-state index contributed by atoms with van der Waals surface area (Å²) in [7, 11) is -2.88. The van der Waals surface area contributed by atoms with Crippen LogP contribution in [-0.2, 0) is 29.1 Å². The third-order valence-electron chi connectivity index (χ3n) is 5.54. The number of amides is 1. The van der Waals surface area contributed by atoms with Crippen molar-refractivity contribution < 1.29 is 37.4 Å². The Kier molecular flexibility index (Phi) is 7.70. The fourth-order valence-corrected chi connectivity index (χ4v) is 5.29. The highest BCUT2D eigenvalue weighted by Crippen LogP contribution is 2.28. The first kappa shape index (κ1) is 25.3. The van der Waals surface area contributed by atoms with Gasteiger partial charge in [-0.3, -0.25) is 9.59 Å². The van der Waals surface area contributed by atoms with Crippen LogP contribution in [0.2, 0.25) is 0 Å². The van der Waals surface area contributed by atoms with E-state index in [0.29, 0.717) is 0 Å². The Morgan fingerprint density at radius 1 is 1.12 bits per heavy atom. The van der Waals surface area contributed by atoms with Crippen LogP contribution in [-0.4, -0.2) is 68.1 Å². The largest absolute Gasteiger partial charge is 0.465 e. The lowest BCUT2D eigenvalue weighted by atomic mass is 10.1. The second kappa shape index (κ2) is 10.3. The van der Waals surface area contributed by atoms with E-state index < -0.39 is 46.6 Å². The molecular weight excluding hydrogens is 464 g/mol. The number of carbonyl (C=O) groups is 3. The number of anilines is 1. The van der Waals surface area contributed by atoms with E-state index in [-0.39, 0.29) is 29.1 Å². The molecule has 1 aliphatic heterocycles. The van der Waals surface area contributed by atoms with Crippen molar-refractivity contribution in [3.63, 3.8) is 0 Å². The summed E-state index contributed by atoms with van der Waals surface area (Å²) in [4.78, 5) is 36.8. The summed E-state index contributed by atoms with van der Waals surface area (Å²) in [6.07, 6.45) is -1.21. The van der Waals surface area contributed by atoms with Crippen molar-refractivity contribution in [1.29, 1.82) is 0 Å². The number of aliphatic hydroxyl groups is 1. The number of esters is 2. The van der Waals surface area contributed by atoms with Gasteiger partial charge in [-0.05, 0) is 49.2 Å². The summed E-state index contributed by atoms with van der Waals surface area (Å²) in [5, 5.41) is 12.5. The number of carbonyl (C=O) groups excluding carboxylic acids is 3. The fraction of sp³-hybridized carbons (Fsp3) is 0.348. The molecule has 0 bridgehead atoms. The molecule has 0 radical (unpaired) electrons. The van der Waals surface area contributed by atoms with Crippen LogP contribution in [0.15, 0.2) is 47.4 Å². The molecule has 2 atom stereocenters. The number of methoxy groups -OCH3 is 1. The van der Waals surface area contributed by atoms with Gasteiger partial charge in [0, 0.05) is 13.0 Å². The maximum atomic E-state index is 13.2. The molecule has 2 aromatic rings. The minimum atomic E-state index is -4.09. The molecule has 0 spiro atoms. The van der Waals surface area contributed by atoms with E-state index in [0.717, 1.165) is 15.4 Å². The maximum absolute atomic E-state index is 13.2. The van der Waals surface area contributed by atoms with Gasteiger partial charge in [0.05, 0.1) is 29.4 Å². The summed E-state index contributed by atoms with van der Waals surface area (Å²) in [5.41, 5.74) is 1.97. The third kappa shape index (κ3) is 5.44. The first-order valence-corrected chi connectivity index (χ1v) is 11.9. The Balaban J connectivity index is 1.70. The van der Waals surface area contributed by atoms with Crippen LogP contribution in [0, 0.1) is 13.8 Å². The zero-order valence-electron chi connectivity index (χ0n) is 19.0. The predicted molar refractivity (Wildman–Crippen MR) is 122 cm³/mol. The first-order chi connectivity index (χ1) is 16.0. The van der Waals surface area contributed by atoms with E-state index in [2.05, 4.69) is 10.1 Å². The molecule has 1 amide bonds. The predicted octanol–water partition coefficient (Wildman–Crippen LogP) is 1.40. The van der Waals surface area contributed by atoms with Crippen LogP contribution < -0.4 is 5.32 Å². The lowest BCUT2D eigenvalue weighted by Crippen LogP contribution is -2.42. The Morgan fingerprint density at radius 2 is 1.82 bits per heavy atom. The van der Waals surface area contributed by atoms with Crippen molar-refractivity contribution in [2.24, 2.45) is 0 Å². The molecule has 2 N–H and O–H groups in total. The maximum Gasteiger partial charge on any atom is 0.339 e. The first-order valence-electron chi connectivity index (χ1n) is 10.5. The third-order valence-corrected chi connectivity index (χ3v) is 7.41. The standard InChI is InChI=1S/C23H26N2O8S/c1-14-8-9-17(10-15(14)2)34(30,31)25-12-16(26)11-20(25)23(29)33-13-21(27)24-19-7-5-4-6-18(19)22(28)32-3/h4-10,16,20,26H,11-13H2,1-3H3,(H,24,27)/t16?,20-/m0/s1. The average molecular weight is 491 g/mol. The second-order valence-corrected chi connectivity index (χ2v) is 9.81. The lowest BCUT2D eigenvalue weighted by molar-refractivity contribution is -0.150. The van der Waals surface area contributed by atoms with Gasteiger partial charge >= 0.3 is 11.9 Å². The van der Waals surface area contributed by atoms with Gasteiger partial charge in [-0.25, -0.2) is 13.2 Å². The number of para-hydroxylation sites is 1. The van der Waals surface area contributed by atoms with Crippen LogP contribution in [0.1, 0.15) is 27.9 Å². The molecule has 10 nitrogen and oxygen atoms in total. The molecule has 1 aliphatic rings. The molecular formula is C23H26N2O8S. The summed E-state index contributed by atoms with van der Waals surface area (Å²) in [6.45, 7) is 2.64. The van der Waals surface area contributed by atoms with Crippen molar-refractivity contribution in [1.82, 2.24) is 4.31 Å². The van der Waals surface area contributed by atoms with Crippen LogP contribution in [0.3, 0.4) is 0 Å². The van der Waals surface area contributed by atoms with E-state index in [1.807, 2.05) is 6.92 Å². The van der Waals surface area contributed by atoms with Gasteiger partial charge in [-0.2, -0.15) is 4.31 Å². The van der Waals surface area contributed by atoms with E-state index in [9.17, 15) is 27.9 Å². The van der Waals surface area contributed by atoms with Crippen molar-refractivity contribution in [2.45, 2.75) is 37.3 Å². The zero-order valence-corrected chi connectivity index (χ0v) is 19.8. The molecule has 1 heterocycles. The summed E-state index contributed by atoms with van der Waals surface area (Å²) in [6, 6.07) is 9.47. The minimum Gasteiger partial charge on any atom is -0.465 e. The topological polar surface area (TPSA) is 139 Å². The number of aliphatic hydroxyl groups excluding tert-OH is 1. The number of hydrogen-bond donors (Lipinski definition) is 2. The summed E-state index contributed by atoms with van der Waals surface area (Å²) in [5.74, 6) is -2.34. The second-order valence-electron chi connectivity index (χ2n) is 7.92. The molecule has 182 valence electrons. The highest BCUT2D eigenvalue weighted by atomic mass is 32.2. The van der Waals surface area contributed by atoms with Crippen LogP contribution in [0.25, 0.3) is 0 Å².